The molecular formula is C11H20N2O3S. The molecule has 0 aromatic rings. The van der Waals surface area contributed by atoms with Gasteiger partial charge in [0.05, 0.1) is 24.1 Å². The first-order valence-corrected chi connectivity index (χ1v) is 6.19. The van der Waals surface area contributed by atoms with Crippen LogP contribution in [0.15, 0.2) is 0 Å². The highest BCUT2D eigenvalue weighted by molar-refractivity contribution is 7.80. The van der Waals surface area contributed by atoms with Gasteiger partial charge in [0.25, 0.3) is 0 Å². The summed E-state index contributed by atoms with van der Waals surface area (Å²) in [5.74, 6) is 0.106. The number of carbonyl (C=O) groups excluding carboxylic acids is 1. The largest absolute Gasteiger partial charge is 0.393 e. The number of thiocarbonyl (C=S) groups is 1. The minimum Gasteiger partial charge on any atom is -0.393 e. The molecule has 1 heterocycles. The Kier molecular flexibility index (Phi) is 6.39. The lowest BCUT2D eigenvalue weighted by atomic mass is 10.1. The average molecular weight is 260 g/mol. The highest BCUT2D eigenvalue weighted by Crippen LogP contribution is 2.15. The maximum absolute atomic E-state index is 12.2. The fraction of sp³-hybridized carbons (Fsp3) is 0.818. The highest BCUT2D eigenvalue weighted by atomic mass is 32.1. The minimum absolute atomic E-state index is 0.0156. The number of nitrogens with zero attached hydrogens (tertiary/aromatic N) is 1. The standard InChI is InChI=1S/C11H20N2O3S/c1-15-7-5-13(4-2-10(12)17)11(14)9-3-6-16-8-9/h9H,2-8H2,1H3,(H2,12,17). The molecule has 1 rings (SSSR count). The van der Waals surface area contributed by atoms with E-state index in [9.17, 15) is 4.79 Å². The van der Waals surface area contributed by atoms with Gasteiger partial charge < -0.3 is 20.1 Å². The second-order valence-corrected chi connectivity index (χ2v) is 4.62. The zero-order valence-corrected chi connectivity index (χ0v) is 11.0. The van der Waals surface area contributed by atoms with Crippen molar-refractivity contribution in [2.45, 2.75) is 12.8 Å². The average Bonchev–Trinajstić information content (AvgIpc) is 2.81. The van der Waals surface area contributed by atoms with Gasteiger partial charge in [0.1, 0.15) is 0 Å². The van der Waals surface area contributed by atoms with Crippen molar-refractivity contribution in [1.82, 2.24) is 4.90 Å². The predicted molar refractivity (Wildman–Crippen MR) is 68.8 cm³/mol. The Morgan fingerprint density at radius 2 is 2.35 bits per heavy atom. The molecule has 0 radical (unpaired) electrons. The SMILES string of the molecule is COCCN(CCC(N)=S)C(=O)C1CCOC1. The van der Waals surface area contributed by atoms with Gasteiger partial charge in [-0.15, -0.1) is 0 Å². The second kappa shape index (κ2) is 7.58. The lowest BCUT2D eigenvalue weighted by Crippen LogP contribution is -2.40. The van der Waals surface area contributed by atoms with Crippen molar-refractivity contribution in [2.24, 2.45) is 11.7 Å². The molecule has 2 N–H and O–H groups in total. The molecule has 1 amide bonds. The third-order valence-corrected chi connectivity index (χ3v) is 2.99. The molecule has 1 aliphatic rings. The van der Waals surface area contributed by atoms with Crippen LogP contribution in [0.4, 0.5) is 0 Å². The van der Waals surface area contributed by atoms with E-state index in [0.717, 1.165) is 6.42 Å². The molecule has 0 aromatic heterocycles. The maximum Gasteiger partial charge on any atom is 0.228 e. The molecule has 1 aliphatic heterocycles. The Hall–Kier alpha value is -0.720. The Morgan fingerprint density at radius 3 is 2.88 bits per heavy atom. The molecule has 17 heavy (non-hydrogen) atoms. The topological polar surface area (TPSA) is 64.8 Å². The van der Waals surface area contributed by atoms with E-state index in [1.807, 2.05) is 0 Å². The zero-order valence-electron chi connectivity index (χ0n) is 10.2. The van der Waals surface area contributed by atoms with Gasteiger partial charge >= 0.3 is 0 Å². The normalized spacial score (nSPS) is 19.2. The Morgan fingerprint density at radius 1 is 1.59 bits per heavy atom. The Labute approximate surface area is 107 Å². The quantitative estimate of drug-likeness (QED) is 0.661. The minimum atomic E-state index is -0.0156. The van der Waals surface area contributed by atoms with Gasteiger partial charge in [0.2, 0.25) is 5.91 Å². The fourth-order valence-electron chi connectivity index (χ4n) is 1.77. The van der Waals surface area contributed by atoms with Crippen LogP contribution in [0.1, 0.15) is 12.8 Å². The van der Waals surface area contributed by atoms with Gasteiger partial charge in [-0.3, -0.25) is 4.79 Å². The van der Waals surface area contributed by atoms with Crippen molar-refractivity contribution in [3.05, 3.63) is 0 Å². The van der Waals surface area contributed by atoms with E-state index in [4.69, 9.17) is 27.4 Å². The lowest BCUT2D eigenvalue weighted by Gasteiger charge is -2.24. The molecule has 0 aromatic carbocycles. The van der Waals surface area contributed by atoms with Crippen LogP contribution < -0.4 is 5.73 Å². The number of hydrogen-bond donors (Lipinski definition) is 1. The summed E-state index contributed by atoms with van der Waals surface area (Å²) in [6, 6.07) is 0. The molecule has 0 bridgehead atoms. The van der Waals surface area contributed by atoms with Crippen LogP contribution in [0.2, 0.25) is 0 Å². The first-order chi connectivity index (χ1) is 8.15. The number of amides is 1. The van der Waals surface area contributed by atoms with Crippen LogP contribution in [0, 0.1) is 5.92 Å². The molecule has 5 nitrogen and oxygen atoms in total. The van der Waals surface area contributed by atoms with E-state index in [0.29, 0.717) is 44.3 Å². The summed E-state index contributed by atoms with van der Waals surface area (Å²) >= 11 is 4.83. The highest BCUT2D eigenvalue weighted by Gasteiger charge is 2.27. The number of ether oxygens (including phenoxy) is 2. The second-order valence-electron chi connectivity index (χ2n) is 4.09. The summed E-state index contributed by atoms with van der Waals surface area (Å²) in [4.78, 5) is 14.4. The van der Waals surface area contributed by atoms with Gasteiger partial charge in [0, 0.05) is 33.2 Å². The van der Waals surface area contributed by atoms with E-state index in [1.165, 1.54) is 0 Å². The van der Waals surface area contributed by atoms with Crippen molar-refractivity contribution in [3.63, 3.8) is 0 Å². The first-order valence-electron chi connectivity index (χ1n) is 5.79. The molecule has 6 heteroatoms. The third-order valence-electron chi connectivity index (χ3n) is 2.78. The summed E-state index contributed by atoms with van der Waals surface area (Å²) < 4.78 is 10.2. The van der Waals surface area contributed by atoms with Crippen LogP contribution in [0.25, 0.3) is 0 Å². The van der Waals surface area contributed by atoms with Gasteiger partial charge in [0.15, 0.2) is 0 Å². The molecule has 98 valence electrons. The van der Waals surface area contributed by atoms with Gasteiger partial charge in [-0.1, -0.05) is 12.2 Å². The number of nitrogens with two attached hydrogens (primary N) is 1. The Balaban J connectivity index is 2.47. The van der Waals surface area contributed by atoms with E-state index < -0.39 is 0 Å². The van der Waals surface area contributed by atoms with Gasteiger partial charge in [-0.25, -0.2) is 0 Å². The molecule has 1 unspecified atom stereocenters. The number of methoxy groups -OCH3 is 1. The molecule has 0 aliphatic carbocycles. The van der Waals surface area contributed by atoms with E-state index in [1.54, 1.807) is 12.0 Å². The maximum atomic E-state index is 12.2. The van der Waals surface area contributed by atoms with Crippen molar-refractivity contribution >= 4 is 23.1 Å². The fourth-order valence-corrected chi connectivity index (χ4v) is 1.86. The summed E-state index contributed by atoms with van der Waals surface area (Å²) in [7, 11) is 1.62. The van der Waals surface area contributed by atoms with E-state index >= 15 is 0 Å². The number of rotatable bonds is 7. The lowest BCUT2D eigenvalue weighted by molar-refractivity contribution is -0.136. The van der Waals surface area contributed by atoms with Crippen LogP contribution >= 0.6 is 12.2 Å². The van der Waals surface area contributed by atoms with Crippen molar-refractivity contribution in [3.8, 4) is 0 Å². The molecule has 1 atom stereocenters. The van der Waals surface area contributed by atoms with Gasteiger partial charge in [-0.2, -0.15) is 0 Å². The number of hydrogen-bond acceptors (Lipinski definition) is 4. The van der Waals surface area contributed by atoms with E-state index in [-0.39, 0.29) is 11.8 Å². The molecular weight excluding hydrogens is 240 g/mol. The monoisotopic (exact) mass is 260 g/mol. The van der Waals surface area contributed by atoms with Crippen molar-refractivity contribution in [2.75, 3.05) is 40.0 Å². The molecule has 1 saturated heterocycles. The summed E-state index contributed by atoms with van der Waals surface area (Å²) in [5, 5.41) is 0. The summed E-state index contributed by atoms with van der Waals surface area (Å²) in [6.45, 7) is 2.86. The molecule has 1 fully saturated rings. The van der Waals surface area contributed by atoms with Crippen LogP contribution in [0.5, 0.6) is 0 Å². The smallest absolute Gasteiger partial charge is 0.228 e. The molecule has 0 saturated carbocycles. The molecule has 0 spiro atoms. The Bertz CT molecular complexity index is 267. The van der Waals surface area contributed by atoms with E-state index in [2.05, 4.69) is 0 Å². The first kappa shape index (κ1) is 14.3. The predicted octanol–water partition coefficient (Wildman–Crippen LogP) is 0.174. The summed E-state index contributed by atoms with van der Waals surface area (Å²) in [5.41, 5.74) is 5.46. The van der Waals surface area contributed by atoms with Crippen LogP contribution in [-0.4, -0.2) is 55.8 Å². The zero-order chi connectivity index (χ0) is 12.7. The van der Waals surface area contributed by atoms with Crippen molar-refractivity contribution in [1.29, 1.82) is 0 Å². The van der Waals surface area contributed by atoms with Crippen LogP contribution in [-0.2, 0) is 14.3 Å². The van der Waals surface area contributed by atoms with Gasteiger partial charge in [-0.05, 0) is 6.42 Å². The number of carbonyl (C=O) groups is 1. The van der Waals surface area contributed by atoms with Crippen molar-refractivity contribution < 1.29 is 14.3 Å². The van der Waals surface area contributed by atoms with Crippen LogP contribution in [0.3, 0.4) is 0 Å². The third kappa shape index (κ3) is 4.97. The summed E-state index contributed by atoms with van der Waals surface area (Å²) in [6.07, 6.45) is 1.35.